The molecule has 2 aliphatic rings. The highest BCUT2D eigenvalue weighted by atomic mass is 16.5. The van der Waals surface area contributed by atoms with Crippen molar-refractivity contribution in [1.82, 2.24) is 4.90 Å². The van der Waals surface area contributed by atoms with Gasteiger partial charge >= 0.3 is 0 Å². The Morgan fingerprint density at radius 1 is 0.938 bits per heavy atom. The van der Waals surface area contributed by atoms with Crippen LogP contribution in [0.1, 0.15) is 44.9 Å². The van der Waals surface area contributed by atoms with Crippen LogP contribution >= 0.6 is 0 Å². The highest BCUT2D eigenvalue weighted by Crippen LogP contribution is 2.19. The fourth-order valence-electron chi connectivity index (χ4n) is 2.67. The number of amides is 1. The van der Waals surface area contributed by atoms with Crippen LogP contribution in [0.3, 0.4) is 0 Å². The van der Waals surface area contributed by atoms with Crippen LogP contribution < -0.4 is 0 Å². The molecule has 2 rings (SSSR count). The molecule has 0 unspecified atom stereocenters. The Hall–Kier alpha value is -0.570. The zero-order valence-electron chi connectivity index (χ0n) is 10.1. The van der Waals surface area contributed by atoms with Gasteiger partial charge in [0, 0.05) is 32.2 Å². The molecule has 0 aliphatic carbocycles. The molecule has 2 saturated heterocycles. The minimum atomic E-state index is 0.244. The Labute approximate surface area is 98.1 Å². The third kappa shape index (κ3) is 3.21. The number of likely N-dealkylation sites (tertiary alicyclic amines) is 1. The Morgan fingerprint density at radius 2 is 1.50 bits per heavy atom. The number of rotatable bonds is 1. The van der Waals surface area contributed by atoms with Crippen LogP contribution in [-0.2, 0) is 9.53 Å². The van der Waals surface area contributed by atoms with Crippen LogP contribution in [0.5, 0.6) is 0 Å². The zero-order chi connectivity index (χ0) is 11.2. The predicted molar refractivity (Wildman–Crippen MR) is 63.2 cm³/mol. The van der Waals surface area contributed by atoms with Gasteiger partial charge in [-0.25, -0.2) is 0 Å². The van der Waals surface area contributed by atoms with Crippen LogP contribution in [-0.4, -0.2) is 37.1 Å². The third-order valence-electron chi connectivity index (χ3n) is 3.74. The maximum absolute atomic E-state index is 12.3. The number of hydrogen-bond donors (Lipinski definition) is 0. The van der Waals surface area contributed by atoms with E-state index in [2.05, 4.69) is 4.90 Å². The van der Waals surface area contributed by atoms with Crippen LogP contribution in [0.25, 0.3) is 0 Å². The van der Waals surface area contributed by atoms with Crippen molar-refractivity contribution in [2.24, 2.45) is 5.92 Å². The summed E-state index contributed by atoms with van der Waals surface area (Å²) in [6.45, 7) is 3.50. The SMILES string of the molecule is O=C(C1CCOCC1)N1CCCCCCC1. The molecule has 0 aromatic rings. The topological polar surface area (TPSA) is 29.5 Å². The molecule has 0 atom stereocenters. The van der Waals surface area contributed by atoms with Gasteiger partial charge in [-0.2, -0.15) is 0 Å². The maximum atomic E-state index is 12.3. The predicted octanol–water partition coefficient (Wildman–Crippen LogP) is 2.21. The van der Waals surface area contributed by atoms with E-state index in [1.54, 1.807) is 0 Å². The van der Waals surface area contributed by atoms with Gasteiger partial charge in [0.25, 0.3) is 0 Å². The summed E-state index contributed by atoms with van der Waals surface area (Å²) >= 11 is 0. The lowest BCUT2D eigenvalue weighted by Gasteiger charge is -2.30. The summed E-state index contributed by atoms with van der Waals surface area (Å²) in [5, 5.41) is 0. The highest BCUT2D eigenvalue weighted by molar-refractivity contribution is 5.78. The largest absolute Gasteiger partial charge is 0.381 e. The zero-order valence-corrected chi connectivity index (χ0v) is 10.1. The molecule has 0 bridgehead atoms. The molecule has 0 saturated carbocycles. The lowest BCUT2D eigenvalue weighted by atomic mass is 9.97. The van der Waals surface area contributed by atoms with E-state index in [1.165, 1.54) is 32.1 Å². The van der Waals surface area contributed by atoms with Crippen LogP contribution in [0.15, 0.2) is 0 Å². The molecule has 16 heavy (non-hydrogen) atoms. The minimum absolute atomic E-state index is 0.244. The molecule has 2 heterocycles. The van der Waals surface area contributed by atoms with Gasteiger partial charge in [-0.05, 0) is 25.7 Å². The monoisotopic (exact) mass is 225 g/mol. The summed E-state index contributed by atoms with van der Waals surface area (Å²) in [7, 11) is 0. The summed E-state index contributed by atoms with van der Waals surface area (Å²) in [6, 6.07) is 0. The number of nitrogens with zero attached hydrogens (tertiary/aromatic N) is 1. The van der Waals surface area contributed by atoms with Gasteiger partial charge in [0.15, 0.2) is 0 Å². The molecule has 2 aliphatic heterocycles. The molecule has 0 aromatic carbocycles. The third-order valence-corrected chi connectivity index (χ3v) is 3.74. The lowest BCUT2D eigenvalue weighted by Crippen LogP contribution is -2.40. The first kappa shape index (κ1) is 11.9. The lowest BCUT2D eigenvalue weighted by molar-refractivity contribution is -0.138. The molecule has 0 spiro atoms. The summed E-state index contributed by atoms with van der Waals surface area (Å²) < 4.78 is 5.31. The standard InChI is InChI=1S/C13H23NO2/c15-13(12-6-10-16-11-7-12)14-8-4-2-1-3-5-9-14/h12H,1-11H2. The Balaban J connectivity index is 1.85. The van der Waals surface area contributed by atoms with E-state index in [9.17, 15) is 4.79 Å². The molecule has 3 nitrogen and oxygen atoms in total. The van der Waals surface area contributed by atoms with E-state index >= 15 is 0 Å². The average molecular weight is 225 g/mol. The number of carbonyl (C=O) groups excluding carboxylic acids is 1. The van der Waals surface area contributed by atoms with Crippen molar-refractivity contribution in [3.8, 4) is 0 Å². The van der Waals surface area contributed by atoms with E-state index in [0.29, 0.717) is 5.91 Å². The molecule has 1 amide bonds. The van der Waals surface area contributed by atoms with E-state index in [0.717, 1.165) is 39.1 Å². The average Bonchev–Trinajstić information content (AvgIpc) is 2.29. The van der Waals surface area contributed by atoms with Crippen molar-refractivity contribution in [2.75, 3.05) is 26.3 Å². The molecular formula is C13H23NO2. The van der Waals surface area contributed by atoms with Crippen molar-refractivity contribution in [3.63, 3.8) is 0 Å². The molecular weight excluding hydrogens is 202 g/mol. The Morgan fingerprint density at radius 3 is 2.12 bits per heavy atom. The second-order valence-corrected chi connectivity index (χ2v) is 4.98. The van der Waals surface area contributed by atoms with Gasteiger partial charge < -0.3 is 9.64 Å². The van der Waals surface area contributed by atoms with Crippen LogP contribution in [0.4, 0.5) is 0 Å². The summed E-state index contributed by atoms with van der Waals surface area (Å²) in [4.78, 5) is 14.4. The highest BCUT2D eigenvalue weighted by Gasteiger charge is 2.26. The fraction of sp³-hybridized carbons (Fsp3) is 0.923. The first-order chi connectivity index (χ1) is 7.88. The van der Waals surface area contributed by atoms with Crippen LogP contribution in [0.2, 0.25) is 0 Å². The minimum Gasteiger partial charge on any atom is -0.381 e. The second-order valence-electron chi connectivity index (χ2n) is 4.98. The van der Waals surface area contributed by atoms with E-state index in [4.69, 9.17) is 4.74 Å². The van der Waals surface area contributed by atoms with E-state index < -0.39 is 0 Å². The Kier molecular flexibility index (Phi) is 4.64. The van der Waals surface area contributed by atoms with Crippen LogP contribution in [0, 0.1) is 5.92 Å². The number of ether oxygens (including phenoxy) is 1. The smallest absolute Gasteiger partial charge is 0.225 e. The summed E-state index contributed by atoms with van der Waals surface area (Å²) in [5.41, 5.74) is 0. The molecule has 2 fully saturated rings. The molecule has 0 N–H and O–H groups in total. The quantitative estimate of drug-likeness (QED) is 0.684. The molecule has 92 valence electrons. The molecule has 3 heteroatoms. The summed E-state index contributed by atoms with van der Waals surface area (Å²) in [6.07, 6.45) is 8.16. The van der Waals surface area contributed by atoms with Gasteiger partial charge in [0.2, 0.25) is 5.91 Å². The van der Waals surface area contributed by atoms with Crippen molar-refractivity contribution in [3.05, 3.63) is 0 Å². The molecule has 0 aromatic heterocycles. The maximum Gasteiger partial charge on any atom is 0.225 e. The van der Waals surface area contributed by atoms with Crippen molar-refractivity contribution in [1.29, 1.82) is 0 Å². The van der Waals surface area contributed by atoms with E-state index in [-0.39, 0.29) is 5.92 Å². The van der Waals surface area contributed by atoms with Gasteiger partial charge in [-0.15, -0.1) is 0 Å². The second kappa shape index (κ2) is 6.24. The van der Waals surface area contributed by atoms with Crippen molar-refractivity contribution < 1.29 is 9.53 Å². The van der Waals surface area contributed by atoms with Gasteiger partial charge in [0.1, 0.15) is 0 Å². The normalized spacial score (nSPS) is 24.9. The van der Waals surface area contributed by atoms with Crippen molar-refractivity contribution in [2.45, 2.75) is 44.9 Å². The van der Waals surface area contributed by atoms with Gasteiger partial charge in [-0.3, -0.25) is 4.79 Å². The summed E-state index contributed by atoms with van der Waals surface area (Å²) in [5.74, 6) is 0.637. The Bertz CT molecular complexity index is 216. The van der Waals surface area contributed by atoms with Gasteiger partial charge in [-0.1, -0.05) is 19.3 Å². The number of hydrogen-bond acceptors (Lipinski definition) is 2. The first-order valence-electron chi connectivity index (χ1n) is 6.74. The van der Waals surface area contributed by atoms with Crippen molar-refractivity contribution >= 4 is 5.91 Å². The fourth-order valence-corrected chi connectivity index (χ4v) is 2.67. The number of carbonyl (C=O) groups is 1. The first-order valence-corrected chi connectivity index (χ1v) is 6.74. The van der Waals surface area contributed by atoms with E-state index in [1.807, 2.05) is 0 Å². The molecule has 0 radical (unpaired) electrons. The van der Waals surface area contributed by atoms with Gasteiger partial charge in [0.05, 0.1) is 0 Å².